The van der Waals surface area contributed by atoms with Crippen molar-refractivity contribution in [2.24, 2.45) is 0 Å². The van der Waals surface area contributed by atoms with Gasteiger partial charge in [-0.3, -0.25) is 14.9 Å². The highest BCUT2D eigenvalue weighted by Gasteiger charge is 2.09. The Labute approximate surface area is 152 Å². The molecule has 2 aromatic rings. The Morgan fingerprint density at radius 1 is 0.880 bits per heavy atom. The van der Waals surface area contributed by atoms with Gasteiger partial charge in [0.2, 0.25) is 5.91 Å². The number of anilines is 2. The van der Waals surface area contributed by atoms with E-state index in [2.05, 4.69) is 29.8 Å². The van der Waals surface area contributed by atoms with Crippen LogP contribution in [-0.2, 0) is 4.79 Å². The van der Waals surface area contributed by atoms with Crippen molar-refractivity contribution in [2.75, 3.05) is 10.6 Å². The molecule has 2 rings (SSSR count). The molecule has 0 atom stereocenters. The minimum Gasteiger partial charge on any atom is -0.332 e. The summed E-state index contributed by atoms with van der Waals surface area (Å²) < 4.78 is 0. The van der Waals surface area contributed by atoms with E-state index >= 15 is 0 Å². The normalized spacial score (nSPS) is 10.2. The maximum Gasteiger partial charge on any atom is 0.257 e. The van der Waals surface area contributed by atoms with E-state index in [4.69, 9.17) is 12.2 Å². The lowest BCUT2D eigenvalue weighted by Crippen LogP contribution is -2.34. The first-order chi connectivity index (χ1) is 11.8. The highest BCUT2D eigenvalue weighted by atomic mass is 32.1. The van der Waals surface area contributed by atoms with Gasteiger partial charge < -0.3 is 10.6 Å². The number of thiocarbonyl (C=S) groups is 1. The monoisotopic (exact) mass is 355 g/mol. The Morgan fingerprint density at radius 2 is 1.40 bits per heavy atom. The average Bonchev–Trinajstić information content (AvgIpc) is 2.56. The minimum absolute atomic E-state index is 0.132. The summed E-state index contributed by atoms with van der Waals surface area (Å²) in [5.41, 5.74) is 3.14. The van der Waals surface area contributed by atoms with Crippen LogP contribution in [0.25, 0.3) is 0 Å². The Balaban J connectivity index is 1.92. The quantitative estimate of drug-likeness (QED) is 0.728. The van der Waals surface area contributed by atoms with Crippen LogP contribution in [0.3, 0.4) is 0 Å². The van der Waals surface area contributed by atoms with E-state index in [0.717, 1.165) is 5.69 Å². The van der Waals surface area contributed by atoms with Crippen molar-refractivity contribution < 1.29 is 9.59 Å². The molecule has 0 saturated heterocycles. The van der Waals surface area contributed by atoms with Crippen molar-refractivity contribution in [1.29, 1.82) is 0 Å². The SMILES string of the molecule is CC(=O)Nc1ccc(NC(=S)NC(=O)c2ccc(C(C)C)cc2)cc1. The zero-order valence-electron chi connectivity index (χ0n) is 14.4. The molecule has 0 aliphatic rings. The predicted octanol–water partition coefficient (Wildman–Crippen LogP) is 3.90. The summed E-state index contributed by atoms with van der Waals surface area (Å²) in [4.78, 5) is 23.2. The van der Waals surface area contributed by atoms with Crippen LogP contribution in [0.4, 0.5) is 11.4 Å². The van der Waals surface area contributed by atoms with Gasteiger partial charge in [0.05, 0.1) is 0 Å². The molecule has 0 unspecified atom stereocenters. The van der Waals surface area contributed by atoms with E-state index in [0.29, 0.717) is 17.2 Å². The molecular weight excluding hydrogens is 334 g/mol. The van der Waals surface area contributed by atoms with Crippen LogP contribution < -0.4 is 16.0 Å². The number of nitrogens with one attached hydrogen (secondary N) is 3. The second-order valence-electron chi connectivity index (χ2n) is 5.94. The van der Waals surface area contributed by atoms with Gasteiger partial charge in [-0.05, 0) is 60.1 Å². The maximum atomic E-state index is 12.2. The molecule has 0 radical (unpaired) electrons. The number of hydrogen-bond acceptors (Lipinski definition) is 3. The fraction of sp³-hybridized carbons (Fsp3) is 0.211. The zero-order chi connectivity index (χ0) is 18.4. The second kappa shape index (κ2) is 8.39. The van der Waals surface area contributed by atoms with E-state index < -0.39 is 0 Å². The van der Waals surface area contributed by atoms with Crippen molar-refractivity contribution in [3.05, 3.63) is 59.7 Å². The molecule has 0 aliphatic carbocycles. The Bertz CT molecular complexity index is 768. The minimum atomic E-state index is -0.261. The molecule has 5 nitrogen and oxygen atoms in total. The second-order valence-corrected chi connectivity index (χ2v) is 6.35. The van der Waals surface area contributed by atoms with Gasteiger partial charge in [-0.15, -0.1) is 0 Å². The molecular formula is C19H21N3O2S. The van der Waals surface area contributed by atoms with Crippen molar-refractivity contribution in [2.45, 2.75) is 26.7 Å². The third kappa shape index (κ3) is 5.69. The summed E-state index contributed by atoms with van der Waals surface area (Å²) in [6.07, 6.45) is 0. The number of rotatable bonds is 4. The van der Waals surface area contributed by atoms with Gasteiger partial charge in [0, 0.05) is 23.9 Å². The zero-order valence-corrected chi connectivity index (χ0v) is 15.2. The van der Waals surface area contributed by atoms with Gasteiger partial charge in [-0.25, -0.2) is 0 Å². The molecule has 2 amide bonds. The fourth-order valence-electron chi connectivity index (χ4n) is 2.20. The highest BCUT2D eigenvalue weighted by molar-refractivity contribution is 7.80. The third-order valence-corrected chi connectivity index (χ3v) is 3.73. The van der Waals surface area contributed by atoms with E-state index in [1.165, 1.54) is 12.5 Å². The lowest BCUT2D eigenvalue weighted by molar-refractivity contribution is -0.114. The lowest BCUT2D eigenvalue weighted by atomic mass is 10.0. The smallest absolute Gasteiger partial charge is 0.257 e. The summed E-state index contributed by atoms with van der Waals surface area (Å²) >= 11 is 5.17. The summed E-state index contributed by atoms with van der Waals surface area (Å²) in [6, 6.07) is 14.5. The lowest BCUT2D eigenvalue weighted by Gasteiger charge is -2.11. The van der Waals surface area contributed by atoms with E-state index in [9.17, 15) is 9.59 Å². The standard InChI is InChI=1S/C19H21N3O2S/c1-12(2)14-4-6-15(7-5-14)18(24)22-19(25)21-17-10-8-16(9-11-17)20-13(3)23/h4-12H,1-3H3,(H,20,23)(H2,21,22,24,25). The van der Waals surface area contributed by atoms with Gasteiger partial charge in [-0.1, -0.05) is 26.0 Å². The van der Waals surface area contributed by atoms with Crippen molar-refractivity contribution in [1.82, 2.24) is 5.32 Å². The summed E-state index contributed by atoms with van der Waals surface area (Å²) in [7, 11) is 0. The summed E-state index contributed by atoms with van der Waals surface area (Å²) in [6.45, 7) is 5.65. The third-order valence-electron chi connectivity index (χ3n) is 3.53. The molecule has 0 saturated carbocycles. The van der Waals surface area contributed by atoms with Crippen LogP contribution in [0.5, 0.6) is 0 Å². The van der Waals surface area contributed by atoms with Gasteiger partial charge >= 0.3 is 0 Å². The summed E-state index contributed by atoms with van der Waals surface area (Å²) in [5, 5.41) is 8.49. The highest BCUT2D eigenvalue weighted by Crippen LogP contribution is 2.15. The van der Waals surface area contributed by atoms with Gasteiger partial charge in [0.15, 0.2) is 5.11 Å². The van der Waals surface area contributed by atoms with Crippen molar-refractivity contribution in [3.8, 4) is 0 Å². The van der Waals surface area contributed by atoms with Crippen LogP contribution in [0.15, 0.2) is 48.5 Å². The average molecular weight is 355 g/mol. The Kier molecular flexibility index (Phi) is 6.25. The Morgan fingerprint density at radius 3 is 1.88 bits per heavy atom. The number of amides is 2. The van der Waals surface area contributed by atoms with Gasteiger partial charge in [0.1, 0.15) is 0 Å². The number of benzene rings is 2. The summed E-state index contributed by atoms with van der Waals surface area (Å²) in [5.74, 6) is 0.0231. The van der Waals surface area contributed by atoms with Crippen molar-refractivity contribution in [3.63, 3.8) is 0 Å². The molecule has 0 aliphatic heterocycles. The molecule has 130 valence electrons. The van der Waals surface area contributed by atoms with Crippen molar-refractivity contribution >= 4 is 40.5 Å². The first-order valence-corrected chi connectivity index (χ1v) is 8.36. The molecule has 0 heterocycles. The number of hydrogen-bond donors (Lipinski definition) is 3. The predicted molar refractivity (Wildman–Crippen MR) is 105 cm³/mol. The van der Waals surface area contributed by atoms with Crippen LogP contribution >= 0.6 is 12.2 Å². The van der Waals surface area contributed by atoms with E-state index in [1.807, 2.05) is 12.1 Å². The first-order valence-electron chi connectivity index (χ1n) is 7.95. The molecule has 0 spiro atoms. The molecule has 0 aromatic heterocycles. The van der Waals surface area contributed by atoms with E-state index in [1.54, 1.807) is 36.4 Å². The van der Waals surface area contributed by atoms with Gasteiger partial charge in [0.25, 0.3) is 5.91 Å². The maximum absolute atomic E-state index is 12.2. The first kappa shape index (κ1) is 18.6. The molecule has 0 fully saturated rings. The van der Waals surface area contributed by atoms with Gasteiger partial charge in [-0.2, -0.15) is 0 Å². The Hall–Kier alpha value is -2.73. The largest absolute Gasteiger partial charge is 0.332 e. The van der Waals surface area contributed by atoms with Crippen LogP contribution in [0, 0.1) is 0 Å². The fourth-order valence-corrected chi connectivity index (χ4v) is 2.41. The molecule has 0 bridgehead atoms. The number of carbonyl (C=O) groups excluding carboxylic acids is 2. The molecule has 2 aromatic carbocycles. The van der Waals surface area contributed by atoms with Crippen LogP contribution in [0.2, 0.25) is 0 Å². The molecule has 25 heavy (non-hydrogen) atoms. The number of carbonyl (C=O) groups is 2. The molecule has 6 heteroatoms. The van der Waals surface area contributed by atoms with Crippen LogP contribution in [-0.4, -0.2) is 16.9 Å². The van der Waals surface area contributed by atoms with E-state index in [-0.39, 0.29) is 16.9 Å². The van der Waals surface area contributed by atoms with Crippen LogP contribution in [0.1, 0.15) is 42.6 Å². The molecule has 3 N–H and O–H groups in total. The topological polar surface area (TPSA) is 70.2 Å².